The van der Waals surface area contributed by atoms with Crippen molar-refractivity contribution in [3.8, 4) is 6.07 Å². The molecule has 0 aromatic heterocycles. The zero-order valence-corrected chi connectivity index (χ0v) is 10.2. The summed E-state index contributed by atoms with van der Waals surface area (Å²) in [6, 6.07) is 2.05. The second kappa shape index (κ2) is 5.83. The minimum atomic E-state index is -0.556. The molecular weight excluding hydrogens is 204 g/mol. The highest BCUT2D eigenvalue weighted by atomic mass is 16.2. The van der Waals surface area contributed by atoms with E-state index in [1.807, 2.05) is 18.9 Å². The van der Waals surface area contributed by atoms with Gasteiger partial charge in [0.1, 0.15) is 5.92 Å². The molecule has 1 unspecified atom stereocenters. The van der Waals surface area contributed by atoms with Crippen LogP contribution in [0.1, 0.15) is 13.8 Å². The first-order valence-corrected chi connectivity index (χ1v) is 5.68. The van der Waals surface area contributed by atoms with E-state index in [1.165, 1.54) is 0 Å². The van der Waals surface area contributed by atoms with Crippen LogP contribution in [0.15, 0.2) is 0 Å². The van der Waals surface area contributed by atoms with Crippen molar-refractivity contribution in [3.05, 3.63) is 0 Å². The maximum Gasteiger partial charge on any atom is 0.251 e. The number of hydrogen-bond acceptors (Lipinski definition) is 4. The van der Waals surface area contributed by atoms with E-state index >= 15 is 0 Å². The van der Waals surface area contributed by atoms with Crippen LogP contribution in [0.5, 0.6) is 0 Å². The predicted molar refractivity (Wildman–Crippen MR) is 61.2 cm³/mol. The highest BCUT2D eigenvalue weighted by Gasteiger charge is 2.24. The Labute approximate surface area is 97.0 Å². The second-order valence-electron chi connectivity index (χ2n) is 4.62. The molecule has 1 heterocycles. The largest absolute Gasteiger partial charge is 0.304 e. The molecular formula is C11H20N4O. The van der Waals surface area contributed by atoms with Gasteiger partial charge in [0.25, 0.3) is 5.91 Å². The lowest BCUT2D eigenvalue weighted by molar-refractivity contribution is -0.130. The van der Waals surface area contributed by atoms with Gasteiger partial charge >= 0.3 is 0 Å². The van der Waals surface area contributed by atoms with Crippen molar-refractivity contribution in [2.24, 2.45) is 11.8 Å². The third-order valence-electron chi connectivity index (χ3n) is 2.86. The van der Waals surface area contributed by atoms with Crippen LogP contribution < -0.4 is 5.43 Å². The molecule has 5 nitrogen and oxygen atoms in total. The Morgan fingerprint density at radius 2 is 1.88 bits per heavy atom. The van der Waals surface area contributed by atoms with E-state index < -0.39 is 5.92 Å². The molecule has 0 saturated carbocycles. The first-order valence-electron chi connectivity index (χ1n) is 5.68. The Morgan fingerprint density at radius 3 is 2.31 bits per heavy atom. The van der Waals surface area contributed by atoms with E-state index in [4.69, 9.17) is 5.26 Å². The van der Waals surface area contributed by atoms with Crippen molar-refractivity contribution in [3.63, 3.8) is 0 Å². The van der Waals surface area contributed by atoms with E-state index in [1.54, 1.807) is 0 Å². The van der Waals surface area contributed by atoms with Crippen LogP contribution >= 0.6 is 0 Å². The van der Waals surface area contributed by atoms with Gasteiger partial charge in [0.05, 0.1) is 6.07 Å². The van der Waals surface area contributed by atoms with Crippen LogP contribution in [0, 0.1) is 23.2 Å². The SMILES string of the molecule is CC(C)C(C#N)C(=O)NN1CCN(C)CC1. The molecule has 0 aromatic carbocycles. The van der Waals surface area contributed by atoms with Gasteiger partial charge in [0, 0.05) is 26.2 Å². The average Bonchev–Trinajstić information content (AvgIpc) is 2.22. The molecule has 1 N–H and O–H groups in total. The van der Waals surface area contributed by atoms with Gasteiger partial charge in [0.2, 0.25) is 0 Å². The summed E-state index contributed by atoms with van der Waals surface area (Å²) in [6.07, 6.45) is 0. The summed E-state index contributed by atoms with van der Waals surface area (Å²) in [5.41, 5.74) is 2.82. The van der Waals surface area contributed by atoms with Gasteiger partial charge in [-0.3, -0.25) is 10.2 Å². The summed E-state index contributed by atoms with van der Waals surface area (Å²) < 4.78 is 0. The fraction of sp³-hybridized carbons (Fsp3) is 0.818. The molecule has 0 spiro atoms. The van der Waals surface area contributed by atoms with E-state index in [0.717, 1.165) is 26.2 Å². The Balaban J connectivity index is 2.42. The van der Waals surface area contributed by atoms with Gasteiger partial charge in [-0.05, 0) is 13.0 Å². The number of nitrogens with zero attached hydrogens (tertiary/aromatic N) is 3. The van der Waals surface area contributed by atoms with Crippen LogP contribution in [0.3, 0.4) is 0 Å². The molecule has 90 valence electrons. The number of amides is 1. The van der Waals surface area contributed by atoms with E-state index in [9.17, 15) is 4.79 Å². The van der Waals surface area contributed by atoms with Crippen molar-refractivity contribution < 1.29 is 4.79 Å². The third-order valence-corrected chi connectivity index (χ3v) is 2.86. The van der Waals surface area contributed by atoms with Crippen LogP contribution in [-0.2, 0) is 4.79 Å². The van der Waals surface area contributed by atoms with Gasteiger partial charge in [0.15, 0.2) is 0 Å². The Kier molecular flexibility index (Phi) is 4.71. The summed E-state index contributed by atoms with van der Waals surface area (Å²) in [6.45, 7) is 7.30. The number of nitriles is 1. The number of nitrogens with one attached hydrogen (secondary N) is 1. The fourth-order valence-corrected chi connectivity index (χ4v) is 1.65. The van der Waals surface area contributed by atoms with Crippen LogP contribution in [0.4, 0.5) is 0 Å². The molecule has 1 atom stereocenters. The van der Waals surface area contributed by atoms with E-state index in [-0.39, 0.29) is 11.8 Å². The molecule has 1 aliphatic heterocycles. The lowest BCUT2D eigenvalue weighted by Gasteiger charge is -2.33. The molecule has 1 fully saturated rings. The molecule has 5 heteroatoms. The smallest absolute Gasteiger partial charge is 0.251 e. The van der Waals surface area contributed by atoms with Gasteiger partial charge in [-0.25, -0.2) is 5.01 Å². The van der Waals surface area contributed by atoms with Crippen molar-refractivity contribution in [2.75, 3.05) is 33.2 Å². The number of rotatable bonds is 3. The minimum absolute atomic E-state index is 0.0532. The summed E-state index contributed by atoms with van der Waals surface area (Å²) in [7, 11) is 2.06. The summed E-state index contributed by atoms with van der Waals surface area (Å²) >= 11 is 0. The third kappa shape index (κ3) is 3.47. The summed E-state index contributed by atoms with van der Waals surface area (Å²) in [5, 5.41) is 10.8. The monoisotopic (exact) mass is 224 g/mol. The van der Waals surface area contributed by atoms with Gasteiger partial charge in [-0.2, -0.15) is 5.26 Å². The Morgan fingerprint density at radius 1 is 1.31 bits per heavy atom. The van der Waals surface area contributed by atoms with E-state index in [2.05, 4.69) is 23.4 Å². The van der Waals surface area contributed by atoms with Gasteiger partial charge in [-0.15, -0.1) is 0 Å². The topological polar surface area (TPSA) is 59.4 Å². The number of carbonyl (C=O) groups is 1. The first-order chi connectivity index (χ1) is 7.54. The van der Waals surface area contributed by atoms with Crippen LogP contribution in [0.25, 0.3) is 0 Å². The fourth-order valence-electron chi connectivity index (χ4n) is 1.65. The maximum atomic E-state index is 11.8. The highest BCUT2D eigenvalue weighted by Crippen LogP contribution is 2.09. The van der Waals surface area contributed by atoms with Crippen molar-refractivity contribution in [2.45, 2.75) is 13.8 Å². The highest BCUT2D eigenvalue weighted by molar-refractivity contribution is 5.80. The van der Waals surface area contributed by atoms with Crippen LogP contribution in [-0.4, -0.2) is 49.0 Å². The molecule has 0 aliphatic carbocycles. The lowest BCUT2D eigenvalue weighted by atomic mass is 9.97. The van der Waals surface area contributed by atoms with Crippen molar-refractivity contribution >= 4 is 5.91 Å². The standard InChI is InChI=1S/C11H20N4O/c1-9(2)10(8-12)11(16)13-15-6-4-14(3)5-7-15/h9-10H,4-7H2,1-3H3,(H,13,16). The molecule has 0 radical (unpaired) electrons. The average molecular weight is 224 g/mol. The van der Waals surface area contributed by atoms with Crippen LogP contribution in [0.2, 0.25) is 0 Å². The lowest BCUT2D eigenvalue weighted by Crippen LogP contribution is -2.54. The number of carbonyl (C=O) groups excluding carboxylic acids is 1. The minimum Gasteiger partial charge on any atom is -0.304 e. The summed E-state index contributed by atoms with van der Waals surface area (Å²) in [4.78, 5) is 14.0. The normalized spacial score (nSPS) is 20.4. The van der Waals surface area contributed by atoms with Crippen molar-refractivity contribution in [1.29, 1.82) is 5.26 Å². The molecule has 1 saturated heterocycles. The molecule has 16 heavy (non-hydrogen) atoms. The number of hydrazine groups is 1. The molecule has 1 aliphatic rings. The van der Waals surface area contributed by atoms with E-state index in [0.29, 0.717) is 0 Å². The number of hydrogen-bond donors (Lipinski definition) is 1. The number of piperazine rings is 1. The zero-order chi connectivity index (χ0) is 12.1. The quantitative estimate of drug-likeness (QED) is 0.736. The second-order valence-corrected chi connectivity index (χ2v) is 4.62. The predicted octanol–water partition coefficient (Wildman–Crippen LogP) is 0.0608. The molecule has 0 bridgehead atoms. The molecule has 0 aromatic rings. The zero-order valence-electron chi connectivity index (χ0n) is 10.2. The maximum absolute atomic E-state index is 11.8. The molecule has 1 rings (SSSR count). The molecule has 1 amide bonds. The first kappa shape index (κ1) is 12.9. The van der Waals surface area contributed by atoms with Crippen molar-refractivity contribution in [1.82, 2.24) is 15.3 Å². The van der Waals surface area contributed by atoms with Gasteiger partial charge in [-0.1, -0.05) is 13.8 Å². The summed E-state index contributed by atoms with van der Waals surface area (Å²) in [5.74, 6) is -0.681. The number of likely N-dealkylation sites (N-methyl/N-ethyl adjacent to an activating group) is 1. The Bertz CT molecular complexity index is 276. The Hall–Kier alpha value is -1.12. The van der Waals surface area contributed by atoms with Gasteiger partial charge < -0.3 is 4.90 Å².